The van der Waals surface area contributed by atoms with Crippen LogP contribution >= 0.6 is 0 Å². The molecule has 5 rings (SSSR count). The Hall–Kier alpha value is -3.50. The normalized spacial score (nSPS) is 16.6. The molecule has 1 saturated heterocycles. The summed E-state index contributed by atoms with van der Waals surface area (Å²) in [5.74, 6) is 1.64. The number of hydrogen-bond donors (Lipinski definition) is 2. The van der Waals surface area contributed by atoms with E-state index in [0.717, 1.165) is 60.5 Å². The van der Waals surface area contributed by atoms with E-state index in [1.165, 1.54) is 0 Å². The number of methoxy groups -OCH3 is 1. The van der Waals surface area contributed by atoms with E-state index in [2.05, 4.69) is 25.5 Å². The van der Waals surface area contributed by atoms with E-state index in [1.54, 1.807) is 11.7 Å². The molecule has 1 amide bonds. The number of rotatable bonds is 7. The summed E-state index contributed by atoms with van der Waals surface area (Å²) >= 11 is 0. The standard InChI is InChI=1S/C25H30N6O4/c1-16-20-5-4-19(34-2)13-21(20)31(25(33)27-16)12-11-30-9-7-17(8-10-30)26-14-18-3-6-22-24(28-18)29-23(32)15-35-22/h3-6,13,17,26H,7-12,14-15H2,1-2H3,(H,28,29,32). The van der Waals surface area contributed by atoms with Crippen LogP contribution in [0.1, 0.15) is 24.2 Å². The quantitative estimate of drug-likeness (QED) is 0.528. The summed E-state index contributed by atoms with van der Waals surface area (Å²) in [7, 11) is 1.63. The van der Waals surface area contributed by atoms with Gasteiger partial charge >= 0.3 is 5.69 Å². The molecular formula is C25H30N6O4. The smallest absolute Gasteiger partial charge is 0.348 e. The lowest BCUT2D eigenvalue weighted by Gasteiger charge is -2.32. The minimum absolute atomic E-state index is 0.0321. The van der Waals surface area contributed by atoms with Crippen molar-refractivity contribution in [2.75, 3.05) is 38.7 Å². The molecule has 2 N–H and O–H groups in total. The second-order valence-electron chi connectivity index (χ2n) is 9.00. The molecule has 10 heteroatoms. The van der Waals surface area contributed by atoms with Gasteiger partial charge in [0.2, 0.25) is 0 Å². The van der Waals surface area contributed by atoms with Gasteiger partial charge in [-0.25, -0.2) is 9.78 Å². The van der Waals surface area contributed by atoms with Crippen molar-refractivity contribution < 1.29 is 14.3 Å². The maximum absolute atomic E-state index is 12.7. The first-order chi connectivity index (χ1) is 17.0. The van der Waals surface area contributed by atoms with Crippen molar-refractivity contribution in [3.05, 3.63) is 52.2 Å². The van der Waals surface area contributed by atoms with Gasteiger partial charge in [0.25, 0.3) is 5.91 Å². The maximum atomic E-state index is 12.7. The Morgan fingerprint density at radius 2 is 1.97 bits per heavy atom. The minimum atomic E-state index is -0.223. The summed E-state index contributed by atoms with van der Waals surface area (Å²) < 4.78 is 12.5. The maximum Gasteiger partial charge on any atom is 0.348 e. The zero-order valence-corrected chi connectivity index (χ0v) is 20.0. The molecule has 2 aromatic heterocycles. The molecule has 0 aliphatic carbocycles. The lowest BCUT2D eigenvalue weighted by Crippen LogP contribution is -2.43. The van der Waals surface area contributed by atoms with Crippen LogP contribution < -0.4 is 25.8 Å². The molecule has 0 saturated carbocycles. The van der Waals surface area contributed by atoms with Gasteiger partial charge < -0.3 is 25.0 Å². The number of fused-ring (bicyclic) bond motifs is 2. The lowest BCUT2D eigenvalue weighted by atomic mass is 10.0. The van der Waals surface area contributed by atoms with E-state index in [1.807, 2.05) is 37.3 Å². The van der Waals surface area contributed by atoms with Gasteiger partial charge in [-0.05, 0) is 57.1 Å². The molecule has 184 valence electrons. The van der Waals surface area contributed by atoms with Gasteiger partial charge in [0.05, 0.1) is 24.0 Å². The Morgan fingerprint density at radius 1 is 1.14 bits per heavy atom. The molecule has 0 bridgehead atoms. The zero-order valence-electron chi connectivity index (χ0n) is 20.0. The molecular weight excluding hydrogens is 448 g/mol. The minimum Gasteiger partial charge on any atom is -0.497 e. The van der Waals surface area contributed by atoms with Crippen LogP contribution in [0.25, 0.3) is 10.9 Å². The predicted molar refractivity (Wildman–Crippen MR) is 132 cm³/mol. The topological polar surface area (TPSA) is 111 Å². The van der Waals surface area contributed by atoms with Crippen LogP contribution in [0.5, 0.6) is 11.5 Å². The van der Waals surface area contributed by atoms with Gasteiger partial charge in [-0.2, -0.15) is 4.98 Å². The van der Waals surface area contributed by atoms with Crippen LogP contribution in [0.4, 0.5) is 5.82 Å². The van der Waals surface area contributed by atoms with Crippen molar-refractivity contribution in [3.63, 3.8) is 0 Å². The SMILES string of the molecule is COc1ccc2c(C)nc(=O)n(CCN3CCC(NCc4ccc5c(n4)NC(=O)CO5)CC3)c2c1. The summed E-state index contributed by atoms with van der Waals surface area (Å²) in [6.07, 6.45) is 2.03. The van der Waals surface area contributed by atoms with Gasteiger partial charge in [-0.1, -0.05) is 0 Å². The number of aryl methyl sites for hydroxylation is 1. The molecule has 1 aromatic carbocycles. The highest BCUT2D eigenvalue weighted by Crippen LogP contribution is 2.25. The van der Waals surface area contributed by atoms with Crippen molar-refractivity contribution >= 4 is 22.6 Å². The number of piperidine rings is 1. The van der Waals surface area contributed by atoms with Crippen LogP contribution in [-0.4, -0.2) is 64.7 Å². The average Bonchev–Trinajstić information content (AvgIpc) is 2.87. The highest BCUT2D eigenvalue weighted by molar-refractivity contribution is 5.94. The zero-order chi connectivity index (χ0) is 24.4. The summed E-state index contributed by atoms with van der Waals surface area (Å²) in [6, 6.07) is 9.93. The number of hydrogen-bond acceptors (Lipinski definition) is 8. The third kappa shape index (κ3) is 5.13. The summed E-state index contributed by atoms with van der Waals surface area (Å²) in [5, 5.41) is 7.30. The summed E-state index contributed by atoms with van der Waals surface area (Å²) in [6.45, 7) is 5.80. The van der Waals surface area contributed by atoms with Crippen LogP contribution in [0.3, 0.4) is 0 Å². The lowest BCUT2D eigenvalue weighted by molar-refractivity contribution is -0.118. The second-order valence-corrected chi connectivity index (χ2v) is 9.00. The molecule has 0 spiro atoms. The van der Waals surface area contributed by atoms with Crippen LogP contribution in [-0.2, 0) is 17.9 Å². The van der Waals surface area contributed by atoms with Crippen LogP contribution in [0.2, 0.25) is 0 Å². The number of anilines is 1. The van der Waals surface area contributed by atoms with Crippen molar-refractivity contribution in [2.45, 2.75) is 38.9 Å². The second kappa shape index (κ2) is 10.0. The molecule has 2 aliphatic rings. The molecule has 3 aromatic rings. The number of ether oxygens (including phenoxy) is 2. The first-order valence-electron chi connectivity index (χ1n) is 11.9. The molecule has 0 radical (unpaired) electrons. The molecule has 2 aliphatic heterocycles. The van der Waals surface area contributed by atoms with Crippen LogP contribution in [0.15, 0.2) is 35.1 Å². The van der Waals surface area contributed by atoms with Crippen LogP contribution in [0, 0.1) is 6.92 Å². The van der Waals surface area contributed by atoms with Crippen molar-refractivity contribution in [3.8, 4) is 11.5 Å². The Bertz CT molecular complexity index is 1300. The average molecular weight is 479 g/mol. The molecule has 35 heavy (non-hydrogen) atoms. The Labute approximate surface area is 203 Å². The predicted octanol–water partition coefficient (Wildman–Crippen LogP) is 1.69. The van der Waals surface area contributed by atoms with E-state index < -0.39 is 0 Å². The van der Waals surface area contributed by atoms with E-state index in [-0.39, 0.29) is 18.2 Å². The number of aromatic nitrogens is 3. The molecule has 1 fully saturated rings. The Morgan fingerprint density at radius 3 is 2.77 bits per heavy atom. The fraction of sp³-hybridized carbons (Fsp3) is 0.440. The number of nitrogens with one attached hydrogen (secondary N) is 2. The third-order valence-electron chi connectivity index (χ3n) is 6.71. The van der Waals surface area contributed by atoms with E-state index in [9.17, 15) is 9.59 Å². The number of likely N-dealkylation sites (tertiary alicyclic amines) is 1. The largest absolute Gasteiger partial charge is 0.497 e. The molecule has 10 nitrogen and oxygen atoms in total. The van der Waals surface area contributed by atoms with Crippen molar-refractivity contribution in [1.29, 1.82) is 0 Å². The van der Waals surface area contributed by atoms with E-state index in [4.69, 9.17) is 9.47 Å². The fourth-order valence-corrected chi connectivity index (χ4v) is 4.70. The number of carbonyl (C=O) groups is 1. The first-order valence-corrected chi connectivity index (χ1v) is 11.9. The first kappa shape index (κ1) is 23.3. The molecule has 4 heterocycles. The number of pyridine rings is 1. The number of nitrogens with zero attached hydrogens (tertiary/aromatic N) is 4. The Kier molecular flexibility index (Phi) is 6.65. The monoisotopic (exact) mass is 478 g/mol. The highest BCUT2D eigenvalue weighted by Gasteiger charge is 2.21. The van der Waals surface area contributed by atoms with Crippen molar-refractivity contribution in [1.82, 2.24) is 24.8 Å². The van der Waals surface area contributed by atoms with E-state index in [0.29, 0.717) is 30.7 Å². The third-order valence-corrected chi connectivity index (χ3v) is 6.71. The van der Waals surface area contributed by atoms with Crippen molar-refractivity contribution in [2.24, 2.45) is 0 Å². The van der Waals surface area contributed by atoms with Gasteiger partial charge in [-0.3, -0.25) is 9.36 Å². The van der Waals surface area contributed by atoms with Gasteiger partial charge in [0.15, 0.2) is 18.2 Å². The summed E-state index contributed by atoms with van der Waals surface area (Å²) in [5.41, 5.74) is 2.24. The molecule has 0 atom stereocenters. The van der Waals surface area contributed by atoms with Gasteiger partial charge in [0.1, 0.15) is 5.75 Å². The number of carbonyl (C=O) groups excluding carboxylic acids is 1. The van der Waals surface area contributed by atoms with Gasteiger partial charge in [-0.15, -0.1) is 0 Å². The highest BCUT2D eigenvalue weighted by atomic mass is 16.5. The summed E-state index contributed by atoms with van der Waals surface area (Å²) in [4.78, 5) is 35.3. The molecule has 0 unspecified atom stereocenters. The van der Waals surface area contributed by atoms with E-state index >= 15 is 0 Å². The number of benzene rings is 1. The Balaban J connectivity index is 1.15. The van der Waals surface area contributed by atoms with Gasteiger partial charge in [0, 0.05) is 37.1 Å². The fourth-order valence-electron chi connectivity index (χ4n) is 4.70. The number of amides is 1.